The van der Waals surface area contributed by atoms with Crippen molar-refractivity contribution in [3.8, 4) is 0 Å². The number of likely N-dealkylation sites (tertiary alicyclic amines) is 1. The zero-order chi connectivity index (χ0) is 24.4. The van der Waals surface area contributed by atoms with E-state index in [-0.39, 0.29) is 24.6 Å². The Morgan fingerprint density at radius 2 is 1.61 bits per heavy atom. The van der Waals surface area contributed by atoms with Crippen LogP contribution in [0.4, 0.5) is 18.0 Å². The zero-order valence-corrected chi connectivity index (χ0v) is 19.3. The lowest BCUT2D eigenvalue weighted by molar-refractivity contribution is -0.137. The van der Waals surface area contributed by atoms with Gasteiger partial charge in [0.1, 0.15) is 10.9 Å². The summed E-state index contributed by atoms with van der Waals surface area (Å²) in [4.78, 5) is 14.0. The normalized spacial score (nSPS) is 19.5. The quantitative estimate of drug-likeness (QED) is 0.615. The predicted octanol–water partition coefficient (Wildman–Crippen LogP) is 4.68. The van der Waals surface area contributed by atoms with E-state index >= 15 is 0 Å². The van der Waals surface area contributed by atoms with Gasteiger partial charge in [-0.15, -0.1) is 0 Å². The van der Waals surface area contributed by atoms with E-state index in [1.54, 1.807) is 39.0 Å². The van der Waals surface area contributed by atoms with Gasteiger partial charge in [-0.05, 0) is 50.6 Å². The summed E-state index contributed by atoms with van der Waals surface area (Å²) in [6.07, 6.45) is -5.99. The molecule has 0 spiro atoms. The molecule has 1 fully saturated rings. The molecule has 10 heteroatoms. The highest BCUT2D eigenvalue weighted by molar-refractivity contribution is 7.92. The number of amides is 1. The summed E-state index contributed by atoms with van der Waals surface area (Å²) in [7, 11) is -3.85. The Kier molecular flexibility index (Phi) is 7.09. The van der Waals surface area contributed by atoms with Crippen LogP contribution in [0, 0.1) is 0 Å². The van der Waals surface area contributed by atoms with E-state index in [9.17, 15) is 26.4 Å². The number of hydrogen-bond acceptors (Lipinski definition) is 5. The smallest absolute Gasteiger partial charge is 0.416 e. The number of carbonyl (C=O) groups is 1. The third-order valence-electron chi connectivity index (χ3n) is 5.08. The second-order valence-electron chi connectivity index (χ2n) is 8.83. The first kappa shape index (κ1) is 25.0. The molecule has 2 aromatic rings. The topological polar surface area (TPSA) is 72.9 Å². The van der Waals surface area contributed by atoms with Crippen molar-refractivity contribution in [1.82, 2.24) is 4.90 Å². The van der Waals surface area contributed by atoms with Crippen LogP contribution in [0.2, 0.25) is 0 Å². The number of sulfone groups is 1. The van der Waals surface area contributed by atoms with Crippen LogP contribution in [0.5, 0.6) is 0 Å². The fourth-order valence-corrected chi connectivity index (χ4v) is 5.28. The number of ether oxygens (including phenoxy) is 2. The Labute approximate surface area is 191 Å². The van der Waals surface area contributed by atoms with Crippen molar-refractivity contribution in [3.05, 3.63) is 65.7 Å². The fourth-order valence-electron chi connectivity index (χ4n) is 3.46. The summed E-state index contributed by atoms with van der Waals surface area (Å²) in [5.41, 5.74) is -1.09. The van der Waals surface area contributed by atoms with E-state index in [4.69, 9.17) is 9.47 Å². The second kappa shape index (κ2) is 9.34. The molecule has 1 aliphatic rings. The maximum atomic E-state index is 13.3. The Balaban J connectivity index is 1.80. The molecule has 1 aliphatic heterocycles. The molecule has 6 nitrogen and oxygen atoms in total. The highest BCUT2D eigenvalue weighted by Crippen LogP contribution is 2.30. The molecular formula is C23H26F3NO5S. The van der Waals surface area contributed by atoms with E-state index < -0.39 is 44.6 Å². The lowest BCUT2D eigenvalue weighted by atomic mass is 10.1. The third-order valence-corrected chi connectivity index (χ3v) is 7.26. The molecule has 0 radical (unpaired) electrons. The van der Waals surface area contributed by atoms with Gasteiger partial charge in [0.2, 0.25) is 0 Å². The number of rotatable bonds is 5. The van der Waals surface area contributed by atoms with Crippen LogP contribution in [0.1, 0.15) is 31.9 Å². The first-order valence-corrected chi connectivity index (χ1v) is 11.9. The van der Waals surface area contributed by atoms with Gasteiger partial charge in [0.15, 0.2) is 9.84 Å². The molecule has 0 unspecified atom stereocenters. The molecule has 33 heavy (non-hydrogen) atoms. The molecule has 2 atom stereocenters. The van der Waals surface area contributed by atoms with Gasteiger partial charge in [0, 0.05) is 6.54 Å². The van der Waals surface area contributed by atoms with Gasteiger partial charge in [0.05, 0.1) is 29.7 Å². The number of benzene rings is 2. The van der Waals surface area contributed by atoms with E-state index in [1.165, 1.54) is 29.2 Å². The molecule has 180 valence electrons. The molecule has 1 saturated heterocycles. The lowest BCUT2D eigenvalue weighted by Gasteiger charge is -2.24. The van der Waals surface area contributed by atoms with E-state index in [2.05, 4.69) is 0 Å². The van der Waals surface area contributed by atoms with Crippen molar-refractivity contribution in [2.24, 2.45) is 0 Å². The van der Waals surface area contributed by atoms with Gasteiger partial charge in [-0.1, -0.05) is 30.3 Å². The van der Waals surface area contributed by atoms with Crippen LogP contribution in [0.25, 0.3) is 0 Å². The Morgan fingerprint density at radius 1 is 1.00 bits per heavy atom. The van der Waals surface area contributed by atoms with Crippen molar-refractivity contribution in [3.63, 3.8) is 0 Å². The van der Waals surface area contributed by atoms with Crippen molar-refractivity contribution < 1.29 is 35.9 Å². The lowest BCUT2D eigenvalue weighted by Crippen LogP contribution is -2.36. The molecule has 3 rings (SSSR count). The minimum Gasteiger partial charge on any atom is -0.444 e. The molecule has 0 aliphatic carbocycles. The summed E-state index contributed by atoms with van der Waals surface area (Å²) >= 11 is 0. The SMILES string of the molecule is CC(C)(C)OC(=O)N1C[C@H](OCc2ccc(C(F)(F)F)cc2)[C@@H](S(=O)(=O)c2ccccc2)C1. The molecule has 0 saturated carbocycles. The van der Waals surface area contributed by atoms with Gasteiger partial charge < -0.3 is 14.4 Å². The van der Waals surface area contributed by atoms with E-state index in [0.717, 1.165) is 12.1 Å². The zero-order valence-electron chi connectivity index (χ0n) is 18.5. The highest BCUT2D eigenvalue weighted by Gasteiger charge is 2.45. The average molecular weight is 486 g/mol. The predicted molar refractivity (Wildman–Crippen MR) is 115 cm³/mol. The number of nitrogens with zero attached hydrogens (tertiary/aromatic N) is 1. The molecule has 0 N–H and O–H groups in total. The van der Waals surface area contributed by atoms with E-state index in [1.807, 2.05) is 0 Å². The van der Waals surface area contributed by atoms with Crippen LogP contribution in [0.15, 0.2) is 59.5 Å². The molecule has 0 bridgehead atoms. The molecule has 2 aromatic carbocycles. The van der Waals surface area contributed by atoms with Gasteiger partial charge >= 0.3 is 12.3 Å². The molecule has 1 amide bonds. The van der Waals surface area contributed by atoms with Gasteiger partial charge in [-0.25, -0.2) is 13.2 Å². The van der Waals surface area contributed by atoms with Crippen molar-refractivity contribution in [1.29, 1.82) is 0 Å². The fraction of sp³-hybridized carbons (Fsp3) is 0.435. The number of hydrogen-bond donors (Lipinski definition) is 0. The van der Waals surface area contributed by atoms with Gasteiger partial charge in [-0.3, -0.25) is 0 Å². The largest absolute Gasteiger partial charge is 0.444 e. The minimum atomic E-state index is -4.45. The van der Waals surface area contributed by atoms with Crippen molar-refractivity contribution in [2.45, 2.75) is 55.4 Å². The Morgan fingerprint density at radius 3 is 2.15 bits per heavy atom. The van der Waals surface area contributed by atoms with Crippen LogP contribution < -0.4 is 0 Å². The summed E-state index contributed by atoms with van der Waals surface area (Å²) < 4.78 is 76.1. The highest BCUT2D eigenvalue weighted by atomic mass is 32.2. The first-order valence-electron chi connectivity index (χ1n) is 10.3. The minimum absolute atomic E-state index is 0.0215. The van der Waals surface area contributed by atoms with Crippen molar-refractivity contribution in [2.75, 3.05) is 13.1 Å². The summed E-state index contributed by atoms with van der Waals surface area (Å²) in [6.45, 7) is 4.87. The van der Waals surface area contributed by atoms with Gasteiger partial charge in [-0.2, -0.15) is 13.2 Å². The molecule has 1 heterocycles. The van der Waals surface area contributed by atoms with Crippen LogP contribution in [0.3, 0.4) is 0 Å². The number of halogens is 3. The second-order valence-corrected chi connectivity index (χ2v) is 11.0. The van der Waals surface area contributed by atoms with Crippen LogP contribution >= 0.6 is 0 Å². The van der Waals surface area contributed by atoms with Crippen LogP contribution in [-0.4, -0.2) is 49.5 Å². The maximum absolute atomic E-state index is 13.3. The summed E-state index contributed by atoms with van der Waals surface area (Å²) in [5.74, 6) is 0. The number of carbonyl (C=O) groups excluding carboxylic acids is 1. The number of alkyl halides is 3. The average Bonchev–Trinajstić information content (AvgIpc) is 3.17. The Bertz CT molecular complexity index is 1060. The van der Waals surface area contributed by atoms with Crippen LogP contribution in [-0.2, 0) is 32.1 Å². The third kappa shape index (κ3) is 6.26. The molecule has 0 aromatic heterocycles. The van der Waals surface area contributed by atoms with Gasteiger partial charge in [0.25, 0.3) is 0 Å². The monoisotopic (exact) mass is 485 g/mol. The van der Waals surface area contributed by atoms with E-state index in [0.29, 0.717) is 5.56 Å². The molecular weight excluding hydrogens is 459 g/mol. The van der Waals surface area contributed by atoms with Crippen molar-refractivity contribution >= 4 is 15.9 Å². The first-order chi connectivity index (χ1) is 15.3. The maximum Gasteiger partial charge on any atom is 0.416 e. The Hall–Kier alpha value is -2.59. The standard InChI is InChI=1S/C23H26F3NO5S/c1-22(2,3)32-21(28)27-13-19(20(14-27)33(29,30)18-7-5-4-6-8-18)31-15-16-9-11-17(12-10-16)23(24,25)26/h4-12,19-20H,13-15H2,1-3H3/t19-,20-/m0/s1. The summed E-state index contributed by atoms with van der Waals surface area (Å²) in [5, 5.41) is -1.05. The summed E-state index contributed by atoms with van der Waals surface area (Å²) in [6, 6.07) is 12.3.